The van der Waals surface area contributed by atoms with E-state index in [1.54, 1.807) is 6.07 Å². The lowest BCUT2D eigenvalue weighted by atomic mass is 9.90. The molecule has 0 heterocycles. The molecule has 1 aliphatic carbocycles. The van der Waals surface area contributed by atoms with Gasteiger partial charge in [0.25, 0.3) is 5.69 Å². The second kappa shape index (κ2) is 7.14. The first-order valence-electron chi connectivity index (χ1n) is 7.02. The van der Waals surface area contributed by atoms with Gasteiger partial charge in [-0.15, -0.1) is 0 Å². The van der Waals surface area contributed by atoms with Gasteiger partial charge in [0.2, 0.25) is 0 Å². The maximum atomic E-state index is 11.9. The van der Waals surface area contributed by atoms with Gasteiger partial charge < -0.3 is 4.74 Å². The molecule has 108 valence electrons. The zero-order valence-electron chi connectivity index (χ0n) is 11.4. The standard InChI is InChI=1S/C15H19NO4/c17-15(11-20-10-12-5-2-1-3-6-12)13-7-4-8-14(9-13)16(18)19/h4,7-9,12H,1-3,5-6,10-11H2. The van der Waals surface area contributed by atoms with E-state index in [-0.39, 0.29) is 18.1 Å². The predicted octanol–water partition coefficient (Wildman–Crippen LogP) is 3.37. The molecular formula is C15H19NO4. The highest BCUT2D eigenvalue weighted by Crippen LogP contribution is 2.23. The van der Waals surface area contributed by atoms with Gasteiger partial charge in [-0.1, -0.05) is 31.4 Å². The first-order chi connectivity index (χ1) is 9.66. The molecule has 0 bridgehead atoms. The molecule has 1 aromatic carbocycles. The topological polar surface area (TPSA) is 69.4 Å². The van der Waals surface area contributed by atoms with Crippen LogP contribution in [0.25, 0.3) is 0 Å². The molecule has 0 unspecified atom stereocenters. The Labute approximate surface area is 118 Å². The summed E-state index contributed by atoms with van der Waals surface area (Å²) in [6.45, 7) is 0.609. The van der Waals surface area contributed by atoms with Crippen molar-refractivity contribution in [2.24, 2.45) is 5.92 Å². The van der Waals surface area contributed by atoms with E-state index in [1.165, 1.54) is 50.3 Å². The molecule has 0 N–H and O–H groups in total. The fraction of sp³-hybridized carbons (Fsp3) is 0.533. The predicted molar refractivity (Wildman–Crippen MR) is 74.8 cm³/mol. The van der Waals surface area contributed by atoms with Crippen molar-refractivity contribution >= 4 is 11.5 Å². The average molecular weight is 277 g/mol. The Hall–Kier alpha value is -1.75. The number of nitrogens with zero attached hydrogens (tertiary/aromatic N) is 1. The molecule has 1 saturated carbocycles. The normalized spacial score (nSPS) is 16.0. The van der Waals surface area contributed by atoms with E-state index in [0.29, 0.717) is 18.1 Å². The number of carbonyl (C=O) groups is 1. The minimum absolute atomic E-state index is 0.00231. The number of ketones is 1. The number of Topliss-reactive ketones (excluding diaryl/α,β-unsaturated/α-hetero) is 1. The Bertz CT molecular complexity index is 481. The molecule has 20 heavy (non-hydrogen) atoms. The van der Waals surface area contributed by atoms with E-state index in [2.05, 4.69) is 0 Å². The summed E-state index contributed by atoms with van der Waals surface area (Å²) in [5.41, 5.74) is 0.269. The molecule has 0 aromatic heterocycles. The lowest BCUT2D eigenvalue weighted by molar-refractivity contribution is -0.384. The van der Waals surface area contributed by atoms with Gasteiger partial charge in [-0.2, -0.15) is 0 Å². The minimum atomic E-state index is -0.500. The number of rotatable bonds is 6. The minimum Gasteiger partial charge on any atom is -0.373 e. The summed E-state index contributed by atoms with van der Waals surface area (Å²) in [6, 6.07) is 5.78. The average Bonchev–Trinajstić information content (AvgIpc) is 2.48. The number of carbonyl (C=O) groups excluding carboxylic acids is 1. The van der Waals surface area contributed by atoms with E-state index < -0.39 is 4.92 Å². The summed E-state index contributed by atoms with van der Waals surface area (Å²) >= 11 is 0. The summed E-state index contributed by atoms with van der Waals surface area (Å²) in [6.07, 6.45) is 6.12. The molecule has 0 radical (unpaired) electrons. The summed E-state index contributed by atoms with van der Waals surface area (Å²) in [4.78, 5) is 22.1. The number of hydrogen-bond donors (Lipinski definition) is 0. The van der Waals surface area contributed by atoms with Crippen LogP contribution in [-0.4, -0.2) is 23.9 Å². The van der Waals surface area contributed by atoms with Crippen molar-refractivity contribution in [3.05, 3.63) is 39.9 Å². The maximum absolute atomic E-state index is 11.9. The fourth-order valence-electron chi connectivity index (χ4n) is 2.55. The molecule has 1 aliphatic rings. The number of hydrogen-bond acceptors (Lipinski definition) is 4. The van der Waals surface area contributed by atoms with Crippen LogP contribution in [0.3, 0.4) is 0 Å². The molecule has 0 aliphatic heterocycles. The van der Waals surface area contributed by atoms with Crippen molar-refractivity contribution in [2.45, 2.75) is 32.1 Å². The van der Waals surface area contributed by atoms with Crippen LogP contribution in [0, 0.1) is 16.0 Å². The van der Waals surface area contributed by atoms with Crippen LogP contribution in [-0.2, 0) is 4.74 Å². The Morgan fingerprint density at radius 3 is 2.75 bits per heavy atom. The molecule has 1 fully saturated rings. The highest BCUT2D eigenvalue weighted by molar-refractivity contribution is 5.97. The molecular weight excluding hydrogens is 258 g/mol. The number of nitro groups is 1. The van der Waals surface area contributed by atoms with Crippen LogP contribution in [0.15, 0.2) is 24.3 Å². The van der Waals surface area contributed by atoms with Crippen molar-refractivity contribution < 1.29 is 14.5 Å². The maximum Gasteiger partial charge on any atom is 0.270 e. The molecule has 5 nitrogen and oxygen atoms in total. The van der Waals surface area contributed by atoms with Gasteiger partial charge in [0.05, 0.1) is 11.5 Å². The molecule has 0 atom stereocenters. The van der Waals surface area contributed by atoms with Crippen LogP contribution < -0.4 is 0 Å². The van der Waals surface area contributed by atoms with Gasteiger partial charge in [0.15, 0.2) is 5.78 Å². The summed E-state index contributed by atoms with van der Waals surface area (Å²) in [5.74, 6) is 0.353. The van der Waals surface area contributed by atoms with Gasteiger partial charge in [0, 0.05) is 17.7 Å². The van der Waals surface area contributed by atoms with Crippen LogP contribution in [0.1, 0.15) is 42.5 Å². The van der Waals surface area contributed by atoms with Gasteiger partial charge >= 0.3 is 0 Å². The second-order valence-corrected chi connectivity index (χ2v) is 5.25. The summed E-state index contributed by atoms with van der Waals surface area (Å²) in [7, 11) is 0. The third-order valence-electron chi connectivity index (χ3n) is 3.69. The number of nitro benzene ring substituents is 1. The van der Waals surface area contributed by atoms with E-state index in [4.69, 9.17) is 4.74 Å². The van der Waals surface area contributed by atoms with E-state index in [9.17, 15) is 14.9 Å². The lowest BCUT2D eigenvalue weighted by Crippen LogP contribution is -2.17. The van der Waals surface area contributed by atoms with Crippen LogP contribution >= 0.6 is 0 Å². The SMILES string of the molecule is O=C(COCC1CCCCC1)c1cccc([N+](=O)[O-])c1. The Morgan fingerprint density at radius 2 is 2.05 bits per heavy atom. The van der Waals surface area contributed by atoms with Gasteiger partial charge in [-0.05, 0) is 18.8 Å². The van der Waals surface area contributed by atoms with Crippen LogP contribution in [0.2, 0.25) is 0 Å². The van der Waals surface area contributed by atoms with Crippen molar-refractivity contribution in [1.82, 2.24) is 0 Å². The number of benzene rings is 1. The molecule has 1 aromatic rings. The van der Waals surface area contributed by atoms with Crippen LogP contribution in [0.4, 0.5) is 5.69 Å². The third kappa shape index (κ3) is 4.13. The second-order valence-electron chi connectivity index (χ2n) is 5.25. The Morgan fingerprint density at radius 1 is 1.30 bits per heavy atom. The first-order valence-corrected chi connectivity index (χ1v) is 7.02. The van der Waals surface area contributed by atoms with Crippen molar-refractivity contribution in [2.75, 3.05) is 13.2 Å². The molecule has 0 spiro atoms. The number of ether oxygens (including phenoxy) is 1. The lowest BCUT2D eigenvalue weighted by Gasteiger charge is -2.21. The molecule has 0 amide bonds. The first kappa shape index (κ1) is 14.7. The molecule has 5 heteroatoms. The molecule has 2 rings (SSSR count). The summed E-state index contributed by atoms with van der Waals surface area (Å²) < 4.78 is 5.47. The quantitative estimate of drug-likeness (QED) is 0.454. The largest absolute Gasteiger partial charge is 0.373 e. The number of non-ortho nitro benzene ring substituents is 1. The van der Waals surface area contributed by atoms with Gasteiger partial charge in [-0.25, -0.2) is 0 Å². The van der Waals surface area contributed by atoms with Crippen LogP contribution in [0.5, 0.6) is 0 Å². The van der Waals surface area contributed by atoms with E-state index in [0.717, 1.165) is 0 Å². The third-order valence-corrected chi connectivity index (χ3v) is 3.69. The van der Waals surface area contributed by atoms with E-state index >= 15 is 0 Å². The summed E-state index contributed by atoms with van der Waals surface area (Å²) in [5, 5.41) is 10.7. The van der Waals surface area contributed by atoms with Gasteiger partial charge in [-0.3, -0.25) is 14.9 Å². The Balaban J connectivity index is 1.82. The van der Waals surface area contributed by atoms with Crippen molar-refractivity contribution in [3.8, 4) is 0 Å². The van der Waals surface area contributed by atoms with Crippen molar-refractivity contribution in [3.63, 3.8) is 0 Å². The highest BCUT2D eigenvalue weighted by atomic mass is 16.6. The van der Waals surface area contributed by atoms with E-state index in [1.807, 2.05) is 0 Å². The van der Waals surface area contributed by atoms with Crippen molar-refractivity contribution in [1.29, 1.82) is 0 Å². The fourth-order valence-corrected chi connectivity index (χ4v) is 2.55. The smallest absolute Gasteiger partial charge is 0.270 e. The highest BCUT2D eigenvalue weighted by Gasteiger charge is 2.15. The zero-order valence-corrected chi connectivity index (χ0v) is 11.4. The Kier molecular flexibility index (Phi) is 5.24. The zero-order chi connectivity index (χ0) is 14.4. The monoisotopic (exact) mass is 277 g/mol. The van der Waals surface area contributed by atoms with Gasteiger partial charge in [0.1, 0.15) is 6.61 Å². The molecule has 0 saturated heterocycles.